The van der Waals surface area contributed by atoms with Crippen LogP contribution >= 0.6 is 0 Å². The van der Waals surface area contributed by atoms with Gasteiger partial charge >= 0.3 is 0 Å². The number of hydrogen-bond donors (Lipinski definition) is 0. The van der Waals surface area contributed by atoms with E-state index >= 15 is 0 Å². The van der Waals surface area contributed by atoms with Gasteiger partial charge in [0.25, 0.3) is 0 Å². The lowest BCUT2D eigenvalue weighted by molar-refractivity contribution is 0.484. The van der Waals surface area contributed by atoms with Gasteiger partial charge in [-0.2, -0.15) is 0 Å². The lowest BCUT2D eigenvalue weighted by Crippen LogP contribution is -2.85. The van der Waals surface area contributed by atoms with Crippen LogP contribution in [-0.4, -0.2) is 33.0 Å². The third-order valence-electron chi connectivity index (χ3n) is 6.02. The maximum absolute atomic E-state index is 2.82. The van der Waals surface area contributed by atoms with Crippen molar-refractivity contribution in [3.63, 3.8) is 0 Å². The predicted octanol–water partition coefficient (Wildman–Crippen LogP) is 3.78. The molecule has 3 aromatic carbocycles. The van der Waals surface area contributed by atoms with Gasteiger partial charge < -0.3 is 4.57 Å². The molecule has 0 spiro atoms. The van der Waals surface area contributed by atoms with E-state index in [1.54, 1.807) is 15.6 Å². The second-order valence-electron chi connectivity index (χ2n) is 7.61. The van der Waals surface area contributed by atoms with Crippen LogP contribution in [0.4, 0.5) is 0 Å². The van der Waals surface area contributed by atoms with Crippen molar-refractivity contribution in [2.24, 2.45) is 0 Å². The molecule has 3 aromatic rings. The van der Waals surface area contributed by atoms with Crippen LogP contribution in [0.1, 0.15) is 13.8 Å². The Morgan fingerprint density at radius 3 is 1.22 bits per heavy atom. The van der Waals surface area contributed by atoms with Gasteiger partial charge in [0.15, 0.2) is 7.75 Å². The minimum Gasteiger partial charge on any atom is -0.319 e. The van der Waals surface area contributed by atoms with Gasteiger partial charge in [-0.05, 0) is 23.5 Å². The zero-order valence-electron chi connectivity index (χ0n) is 17.0. The van der Waals surface area contributed by atoms with Gasteiger partial charge in [0.1, 0.15) is 7.59 Å². The molecule has 140 valence electrons. The molecule has 0 bridgehead atoms. The van der Waals surface area contributed by atoms with Crippen molar-refractivity contribution in [2.75, 3.05) is 13.1 Å². The van der Waals surface area contributed by atoms with Crippen LogP contribution in [0.3, 0.4) is 0 Å². The molecule has 0 radical (unpaired) electrons. The highest BCUT2D eigenvalue weighted by atomic mass is 29.3. The Labute approximate surface area is 166 Å². The Balaban J connectivity index is 2.40. The van der Waals surface area contributed by atoms with Crippen LogP contribution in [0.25, 0.3) is 0 Å². The summed E-state index contributed by atoms with van der Waals surface area (Å²) in [5, 5.41) is 4.64. The summed E-state index contributed by atoms with van der Waals surface area (Å²) < 4.78 is 2.82. The van der Waals surface area contributed by atoms with Crippen LogP contribution in [0, 0.1) is 0 Å². The Kier molecular flexibility index (Phi) is 6.15. The normalized spacial score (nSPS) is 12.3. The highest BCUT2D eigenvalue weighted by molar-refractivity contribution is 7.54. The summed E-state index contributed by atoms with van der Waals surface area (Å²) in [7, 11) is -4.05. The molecule has 0 aliphatic carbocycles. The Hall–Kier alpha value is -1.95. The number of nitrogens with zero attached hydrogens (tertiary/aromatic N) is 1. The zero-order valence-corrected chi connectivity index (χ0v) is 19.0. The topological polar surface area (TPSA) is 3.24 Å². The maximum atomic E-state index is 2.82. The SMILES string of the molecule is CCN(CC)[Si](c1ccccc1)(c1ccccc1)[Si](C)(C)c1ccccc1. The largest absolute Gasteiger partial charge is 0.319 e. The fourth-order valence-electron chi connectivity index (χ4n) is 4.77. The first-order valence-corrected chi connectivity index (χ1v) is 15.9. The summed E-state index contributed by atoms with van der Waals surface area (Å²) in [6.45, 7) is 12.0. The average molecular weight is 390 g/mol. The second kappa shape index (κ2) is 8.38. The van der Waals surface area contributed by atoms with E-state index in [4.69, 9.17) is 0 Å². The molecular weight excluding hydrogens is 358 g/mol. The Morgan fingerprint density at radius 2 is 0.889 bits per heavy atom. The summed E-state index contributed by atoms with van der Waals surface area (Å²) in [6, 6.07) is 34.0. The first-order valence-electron chi connectivity index (χ1n) is 10.0. The first-order chi connectivity index (χ1) is 13.1. The van der Waals surface area contributed by atoms with Gasteiger partial charge in [0, 0.05) is 0 Å². The average Bonchev–Trinajstić information content (AvgIpc) is 2.73. The molecule has 1 nitrogen and oxygen atoms in total. The van der Waals surface area contributed by atoms with Crippen molar-refractivity contribution >= 4 is 30.9 Å². The van der Waals surface area contributed by atoms with Crippen LogP contribution < -0.4 is 15.6 Å². The summed E-state index contributed by atoms with van der Waals surface area (Å²) in [5.41, 5.74) is 0. The zero-order chi connectivity index (χ0) is 19.3. The van der Waals surface area contributed by atoms with E-state index in [1.807, 2.05) is 0 Å². The lowest BCUT2D eigenvalue weighted by atomic mass is 10.4. The standard InChI is InChI=1S/C24H31NSi2/c1-5-25(6-2)27(23-18-12-8-13-19-23,24-20-14-9-15-21-24)26(3,4)22-16-10-7-11-17-22/h7-21H,5-6H2,1-4H3. The molecule has 3 rings (SSSR count). The van der Waals surface area contributed by atoms with Crippen LogP contribution in [0.2, 0.25) is 13.1 Å². The fourth-order valence-corrected chi connectivity index (χ4v) is 22.2. The number of hydrogen-bond acceptors (Lipinski definition) is 1. The summed E-state index contributed by atoms with van der Waals surface area (Å²) in [6.07, 6.45) is 0. The molecule has 0 fully saturated rings. The molecular formula is C24H31NSi2. The molecule has 0 aliphatic rings. The molecule has 0 unspecified atom stereocenters. The van der Waals surface area contributed by atoms with Crippen molar-refractivity contribution in [1.29, 1.82) is 0 Å². The predicted molar refractivity (Wildman–Crippen MR) is 124 cm³/mol. The van der Waals surface area contributed by atoms with Crippen molar-refractivity contribution in [1.82, 2.24) is 4.57 Å². The molecule has 27 heavy (non-hydrogen) atoms. The molecule has 0 saturated heterocycles. The maximum Gasteiger partial charge on any atom is 0.185 e. The van der Waals surface area contributed by atoms with E-state index in [9.17, 15) is 0 Å². The smallest absolute Gasteiger partial charge is 0.185 e. The minimum absolute atomic E-state index is 1.08. The number of benzene rings is 3. The third-order valence-corrected chi connectivity index (χ3v) is 22.5. The van der Waals surface area contributed by atoms with E-state index in [1.165, 1.54) is 0 Å². The van der Waals surface area contributed by atoms with Crippen LogP contribution in [0.15, 0.2) is 91.0 Å². The molecule has 0 aromatic heterocycles. The fraction of sp³-hybridized carbons (Fsp3) is 0.250. The Morgan fingerprint density at radius 1 is 0.556 bits per heavy atom. The lowest BCUT2D eigenvalue weighted by Gasteiger charge is -2.51. The van der Waals surface area contributed by atoms with E-state index in [-0.39, 0.29) is 0 Å². The highest BCUT2D eigenvalue weighted by Crippen LogP contribution is 2.24. The third kappa shape index (κ3) is 3.35. The first kappa shape index (κ1) is 19.8. The second-order valence-corrected chi connectivity index (χ2v) is 20.6. The molecule has 0 heterocycles. The summed E-state index contributed by atoms with van der Waals surface area (Å²) in [5.74, 6) is 0. The van der Waals surface area contributed by atoms with Crippen LogP contribution in [0.5, 0.6) is 0 Å². The molecule has 0 atom stereocenters. The monoisotopic (exact) mass is 389 g/mol. The van der Waals surface area contributed by atoms with Gasteiger partial charge in [0.2, 0.25) is 0 Å². The summed E-state index contributed by atoms with van der Waals surface area (Å²) in [4.78, 5) is 0. The minimum atomic E-state index is -2.17. The molecule has 0 amide bonds. The summed E-state index contributed by atoms with van der Waals surface area (Å²) >= 11 is 0. The van der Waals surface area contributed by atoms with Gasteiger partial charge in [-0.3, -0.25) is 0 Å². The number of rotatable bonds is 7. The molecule has 3 heteroatoms. The quantitative estimate of drug-likeness (QED) is 0.556. The molecule has 0 saturated carbocycles. The van der Waals surface area contributed by atoms with Gasteiger partial charge in [-0.1, -0.05) is 123 Å². The van der Waals surface area contributed by atoms with E-state index in [0.717, 1.165) is 13.1 Å². The Bertz CT molecular complexity index is 789. The van der Waals surface area contributed by atoms with Gasteiger partial charge in [0.05, 0.1) is 0 Å². The molecule has 0 aliphatic heterocycles. The van der Waals surface area contributed by atoms with Gasteiger partial charge in [-0.25, -0.2) is 0 Å². The van der Waals surface area contributed by atoms with E-state index in [2.05, 4.69) is 123 Å². The van der Waals surface area contributed by atoms with Crippen molar-refractivity contribution < 1.29 is 0 Å². The van der Waals surface area contributed by atoms with E-state index in [0.29, 0.717) is 0 Å². The van der Waals surface area contributed by atoms with Crippen molar-refractivity contribution in [3.05, 3.63) is 91.0 Å². The van der Waals surface area contributed by atoms with Crippen molar-refractivity contribution in [3.8, 4) is 0 Å². The van der Waals surface area contributed by atoms with Gasteiger partial charge in [-0.15, -0.1) is 0 Å². The highest BCUT2D eigenvalue weighted by Gasteiger charge is 2.55. The molecule has 0 N–H and O–H groups in total. The van der Waals surface area contributed by atoms with E-state index < -0.39 is 15.3 Å². The van der Waals surface area contributed by atoms with Crippen LogP contribution in [-0.2, 0) is 0 Å². The van der Waals surface area contributed by atoms with Crippen molar-refractivity contribution in [2.45, 2.75) is 26.9 Å².